The van der Waals surface area contributed by atoms with Crippen molar-refractivity contribution in [2.24, 2.45) is 0 Å². The number of carbonyl (C=O) groups excluding carboxylic acids is 2. The summed E-state index contributed by atoms with van der Waals surface area (Å²) in [5, 5.41) is 2.99. The van der Waals surface area contributed by atoms with Crippen LogP contribution in [0.15, 0.2) is 71.3 Å². The molecule has 1 unspecified atom stereocenters. The van der Waals surface area contributed by atoms with Gasteiger partial charge in [-0.1, -0.05) is 36.4 Å². The van der Waals surface area contributed by atoms with E-state index in [1.807, 2.05) is 62.6 Å². The minimum atomic E-state index is -0.610. The summed E-state index contributed by atoms with van der Waals surface area (Å²) in [6.45, 7) is 1.34. The van der Waals surface area contributed by atoms with Crippen molar-refractivity contribution in [3.05, 3.63) is 89.4 Å². The molecule has 0 aliphatic carbocycles. The van der Waals surface area contributed by atoms with Crippen LogP contribution < -0.4 is 5.32 Å². The fourth-order valence-electron chi connectivity index (χ4n) is 3.85. The first-order valence-electron chi connectivity index (χ1n) is 10.5. The zero-order valence-corrected chi connectivity index (χ0v) is 17.9. The van der Waals surface area contributed by atoms with Crippen LogP contribution in [0, 0.1) is 0 Å². The predicted octanol–water partition coefficient (Wildman–Crippen LogP) is 3.59. The van der Waals surface area contributed by atoms with Gasteiger partial charge in [-0.05, 0) is 61.5 Å². The molecule has 0 radical (unpaired) electrons. The number of nitrogens with zero attached hydrogens (tertiary/aromatic N) is 2. The van der Waals surface area contributed by atoms with Gasteiger partial charge >= 0.3 is 0 Å². The second kappa shape index (κ2) is 9.18. The number of furan rings is 1. The molecule has 0 saturated heterocycles. The monoisotopic (exact) mass is 417 g/mol. The summed E-state index contributed by atoms with van der Waals surface area (Å²) < 4.78 is 5.31. The number of hydrogen-bond acceptors (Lipinski definition) is 4. The third kappa shape index (κ3) is 4.86. The maximum absolute atomic E-state index is 13.2. The van der Waals surface area contributed by atoms with E-state index in [0.717, 1.165) is 29.8 Å². The number of anilines is 1. The molecule has 31 heavy (non-hydrogen) atoms. The smallest absolute Gasteiger partial charge is 0.290 e. The highest BCUT2D eigenvalue weighted by Gasteiger charge is 2.36. The van der Waals surface area contributed by atoms with Gasteiger partial charge in [0.05, 0.1) is 6.26 Å². The first kappa shape index (κ1) is 20.9. The molecule has 0 fully saturated rings. The van der Waals surface area contributed by atoms with Crippen LogP contribution in [0.3, 0.4) is 0 Å². The van der Waals surface area contributed by atoms with Crippen LogP contribution in [0.25, 0.3) is 0 Å². The van der Waals surface area contributed by atoms with Gasteiger partial charge in [-0.25, -0.2) is 0 Å². The lowest BCUT2D eigenvalue weighted by atomic mass is 9.93. The predicted molar refractivity (Wildman–Crippen MR) is 120 cm³/mol. The molecule has 0 saturated carbocycles. The molecular weight excluding hydrogens is 390 g/mol. The molecule has 0 bridgehead atoms. The number of carbonyl (C=O) groups is 2. The van der Waals surface area contributed by atoms with E-state index in [4.69, 9.17) is 4.42 Å². The fourth-order valence-corrected chi connectivity index (χ4v) is 3.85. The Labute approximate surface area is 182 Å². The molecule has 160 valence electrons. The van der Waals surface area contributed by atoms with Crippen molar-refractivity contribution in [3.63, 3.8) is 0 Å². The molecule has 2 aromatic carbocycles. The molecule has 1 N–H and O–H groups in total. The minimum Gasteiger partial charge on any atom is -0.459 e. The van der Waals surface area contributed by atoms with E-state index in [-0.39, 0.29) is 17.6 Å². The topological polar surface area (TPSA) is 65.8 Å². The Morgan fingerprint density at radius 1 is 1.03 bits per heavy atom. The molecule has 3 aromatic rings. The van der Waals surface area contributed by atoms with E-state index in [0.29, 0.717) is 13.0 Å². The van der Waals surface area contributed by atoms with Crippen molar-refractivity contribution >= 4 is 17.5 Å². The second-order valence-electron chi connectivity index (χ2n) is 8.14. The lowest BCUT2D eigenvalue weighted by Crippen LogP contribution is -2.50. The van der Waals surface area contributed by atoms with Gasteiger partial charge in [-0.2, -0.15) is 0 Å². The maximum atomic E-state index is 13.2. The summed E-state index contributed by atoms with van der Waals surface area (Å²) in [5.41, 5.74) is 4.08. The Bertz CT molecular complexity index is 1040. The summed E-state index contributed by atoms with van der Waals surface area (Å²) in [6, 6.07) is 18.5. The van der Waals surface area contributed by atoms with E-state index in [1.54, 1.807) is 17.0 Å². The highest BCUT2D eigenvalue weighted by atomic mass is 16.3. The molecule has 1 aliphatic rings. The number of nitrogens with one attached hydrogen (secondary N) is 1. The van der Waals surface area contributed by atoms with Crippen LogP contribution in [0.4, 0.5) is 5.69 Å². The van der Waals surface area contributed by atoms with Gasteiger partial charge in [0.1, 0.15) is 6.04 Å². The summed E-state index contributed by atoms with van der Waals surface area (Å²) in [4.78, 5) is 30.0. The number of amides is 2. The molecule has 2 amide bonds. The highest BCUT2D eigenvalue weighted by molar-refractivity contribution is 6.00. The number of hydrogen-bond donors (Lipinski definition) is 1. The molecule has 1 atom stereocenters. The third-order valence-corrected chi connectivity index (χ3v) is 5.61. The van der Waals surface area contributed by atoms with Crippen molar-refractivity contribution in [3.8, 4) is 0 Å². The first-order valence-corrected chi connectivity index (χ1v) is 10.5. The molecule has 6 heteroatoms. The van der Waals surface area contributed by atoms with E-state index in [9.17, 15) is 9.59 Å². The van der Waals surface area contributed by atoms with Crippen LogP contribution in [-0.2, 0) is 24.2 Å². The average molecular weight is 418 g/mol. The summed E-state index contributed by atoms with van der Waals surface area (Å²) in [5.74, 6) is -0.239. The lowest BCUT2D eigenvalue weighted by Gasteiger charge is -2.35. The zero-order chi connectivity index (χ0) is 21.8. The van der Waals surface area contributed by atoms with Crippen molar-refractivity contribution < 1.29 is 14.0 Å². The van der Waals surface area contributed by atoms with Gasteiger partial charge in [0.2, 0.25) is 5.91 Å². The Kier molecular flexibility index (Phi) is 6.18. The SMILES string of the molecule is CN(C)CCc1ccc(NC(=O)C2Cc3ccccc3CN2C(=O)c2ccco2)cc1. The van der Waals surface area contributed by atoms with Gasteiger partial charge in [0.15, 0.2) is 5.76 Å². The van der Waals surface area contributed by atoms with E-state index in [1.165, 1.54) is 11.8 Å². The van der Waals surface area contributed by atoms with Crippen molar-refractivity contribution in [2.75, 3.05) is 26.0 Å². The fraction of sp³-hybridized carbons (Fsp3) is 0.280. The number of benzene rings is 2. The summed E-state index contributed by atoms with van der Waals surface area (Å²) in [6.07, 6.45) is 2.89. The van der Waals surface area contributed by atoms with E-state index < -0.39 is 6.04 Å². The minimum absolute atomic E-state index is 0.199. The Morgan fingerprint density at radius 3 is 2.45 bits per heavy atom. The number of rotatable bonds is 6. The van der Waals surface area contributed by atoms with Crippen molar-refractivity contribution in [2.45, 2.75) is 25.4 Å². The number of likely N-dealkylation sites (N-methyl/N-ethyl adjacent to an activating group) is 1. The van der Waals surface area contributed by atoms with Gasteiger partial charge in [-0.15, -0.1) is 0 Å². The molecular formula is C25H27N3O3. The molecule has 0 spiro atoms. The van der Waals surface area contributed by atoms with Gasteiger partial charge in [-0.3, -0.25) is 9.59 Å². The molecule has 6 nitrogen and oxygen atoms in total. The standard InChI is InChI=1S/C25H27N3O3/c1-27(2)14-13-18-9-11-21(12-10-18)26-24(29)22-16-19-6-3-4-7-20(19)17-28(22)25(30)23-8-5-15-31-23/h3-12,15,22H,13-14,16-17H2,1-2H3,(H,26,29). The second-order valence-corrected chi connectivity index (χ2v) is 8.14. The van der Waals surface area contributed by atoms with E-state index in [2.05, 4.69) is 10.2 Å². The Hall–Kier alpha value is -3.38. The highest BCUT2D eigenvalue weighted by Crippen LogP contribution is 2.26. The third-order valence-electron chi connectivity index (χ3n) is 5.61. The van der Waals surface area contributed by atoms with Gasteiger partial charge in [0, 0.05) is 25.2 Å². The Morgan fingerprint density at radius 2 is 1.77 bits per heavy atom. The molecule has 2 heterocycles. The summed E-state index contributed by atoms with van der Waals surface area (Å²) in [7, 11) is 4.10. The average Bonchev–Trinajstić information content (AvgIpc) is 3.32. The van der Waals surface area contributed by atoms with Crippen LogP contribution in [0.5, 0.6) is 0 Å². The van der Waals surface area contributed by atoms with Crippen LogP contribution in [-0.4, -0.2) is 48.3 Å². The van der Waals surface area contributed by atoms with E-state index >= 15 is 0 Å². The number of fused-ring (bicyclic) bond motifs is 1. The van der Waals surface area contributed by atoms with Gasteiger partial charge in [0.25, 0.3) is 5.91 Å². The maximum Gasteiger partial charge on any atom is 0.290 e. The van der Waals surface area contributed by atoms with Crippen LogP contribution in [0.1, 0.15) is 27.2 Å². The van der Waals surface area contributed by atoms with Crippen LogP contribution >= 0.6 is 0 Å². The lowest BCUT2D eigenvalue weighted by molar-refractivity contribution is -0.121. The van der Waals surface area contributed by atoms with Crippen LogP contribution in [0.2, 0.25) is 0 Å². The zero-order valence-electron chi connectivity index (χ0n) is 17.9. The molecule has 1 aliphatic heterocycles. The Balaban J connectivity index is 1.52. The summed E-state index contributed by atoms with van der Waals surface area (Å²) >= 11 is 0. The normalized spacial score (nSPS) is 15.6. The van der Waals surface area contributed by atoms with Crippen molar-refractivity contribution in [1.29, 1.82) is 0 Å². The molecule has 1 aromatic heterocycles. The first-order chi connectivity index (χ1) is 15.0. The molecule has 4 rings (SSSR count). The van der Waals surface area contributed by atoms with Gasteiger partial charge < -0.3 is 19.5 Å². The quantitative estimate of drug-likeness (QED) is 0.666. The largest absolute Gasteiger partial charge is 0.459 e. The van der Waals surface area contributed by atoms with Crippen molar-refractivity contribution in [1.82, 2.24) is 9.80 Å².